The molecular weight excluding hydrogens is 202 g/mol. The number of rotatable bonds is 2. The Morgan fingerprint density at radius 1 is 1.06 bits per heavy atom. The Labute approximate surface area is 95.0 Å². The fourth-order valence-corrected chi connectivity index (χ4v) is 1.88. The highest BCUT2D eigenvalue weighted by Gasteiger charge is 2.08. The van der Waals surface area contributed by atoms with Crippen LogP contribution in [0.1, 0.15) is 11.1 Å². The Hall–Kier alpha value is -1.77. The van der Waals surface area contributed by atoms with Gasteiger partial charge in [0.2, 0.25) is 5.88 Å². The Bertz CT molecular complexity index is 535. The fourth-order valence-electron chi connectivity index (χ4n) is 1.88. The number of nitrogens with zero attached hydrogens (tertiary/aromatic N) is 1. The van der Waals surface area contributed by atoms with Crippen molar-refractivity contribution in [1.29, 1.82) is 0 Å². The first-order chi connectivity index (χ1) is 7.67. The molecule has 0 aliphatic carbocycles. The molecule has 16 heavy (non-hydrogen) atoms. The van der Waals surface area contributed by atoms with Gasteiger partial charge in [-0.3, -0.25) is 0 Å². The topological polar surface area (TPSA) is 31.4 Å². The number of benzene rings is 1. The maximum absolute atomic E-state index is 5.29. The molecule has 1 aromatic heterocycles. The van der Waals surface area contributed by atoms with Crippen LogP contribution in [0, 0.1) is 13.8 Å². The van der Waals surface area contributed by atoms with Crippen molar-refractivity contribution in [2.45, 2.75) is 13.8 Å². The molecule has 3 heteroatoms. The Morgan fingerprint density at radius 3 is 2.44 bits per heavy atom. The molecule has 0 radical (unpaired) electrons. The third-order valence-corrected chi connectivity index (χ3v) is 2.80. The Balaban J connectivity index is 2.80. The lowest BCUT2D eigenvalue weighted by atomic mass is 10.1. The van der Waals surface area contributed by atoms with Crippen molar-refractivity contribution in [3.63, 3.8) is 0 Å². The van der Waals surface area contributed by atoms with Crippen LogP contribution in [0.5, 0.6) is 11.6 Å². The van der Waals surface area contributed by atoms with Crippen molar-refractivity contribution in [1.82, 2.24) is 4.98 Å². The number of pyridine rings is 1. The third-order valence-electron chi connectivity index (χ3n) is 2.80. The summed E-state index contributed by atoms with van der Waals surface area (Å²) < 4.78 is 10.5. The lowest BCUT2D eigenvalue weighted by molar-refractivity contribution is 0.398. The molecule has 0 aliphatic rings. The molecule has 0 fully saturated rings. The van der Waals surface area contributed by atoms with E-state index in [4.69, 9.17) is 9.47 Å². The SMILES string of the molecule is COc1cc(C)c2ccc(OC)c(C)c2n1. The van der Waals surface area contributed by atoms with Crippen LogP contribution in [0.4, 0.5) is 0 Å². The maximum Gasteiger partial charge on any atom is 0.213 e. The molecule has 0 unspecified atom stereocenters. The first kappa shape index (κ1) is 10.7. The molecule has 3 nitrogen and oxygen atoms in total. The van der Waals surface area contributed by atoms with Crippen molar-refractivity contribution >= 4 is 10.9 Å². The number of aryl methyl sites for hydroxylation is 2. The summed E-state index contributed by atoms with van der Waals surface area (Å²) in [6, 6.07) is 5.94. The zero-order valence-corrected chi connectivity index (χ0v) is 10.00. The summed E-state index contributed by atoms with van der Waals surface area (Å²) in [4.78, 5) is 4.46. The second-order valence-electron chi connectivity index (χ2n) is 3.77. The quantitative estimate of drug-likeness (QED) is 0.775. The number of hydrogen-bond acceptors (Lipinski definition) is 3. The minimum Gasteiger partial charge on any atom is -0.496 e. The van der Waals surface area contributed by atoms with Gasteiger partial charge >= 0.3 is 0 Å². The smallest absolute Gasteiger partial charge is 0.213 e. The summed E-state index contributed by atoms with van der Waals surface area (Å²) in [5.41, 5.74) is 3.14. The van der Waals surface area contributed by atoms with Gasteiger partial charge in [-0.2, -0.15) is 0 Å². The highest BCUT2D eigenvalue weighted by atomic mass is 16.5. The average molecular weight is 217 g/mol. The van der Waals surface area contributed by atoms with Crippen LogP contribution in [0.15, 0.2) is 18.2 Å². The molecular formula is C13H15NO2. The number of hydrogen-bond donors (Lipinski definition) is 0. The van der Waals surface area contributed by atoms with Crippen molar-refractivity contribution in [2.75, 3.05) is 14.2 Å². The molecule has 0 aliphatic heterocycles. The van der Waals surface area contributed by atoms with E-state index in [0.717, 1.165) is 27.8 Å². The second-order valence-corrected chi connectivity index (χ2v) is 3.77. The van der Waals surface area contributed by atoms with Gasteiger partial charge < -0.3 is 9.47 Å². The van der Waals surface area contributed by atoms with E-state index in [1.54, 1.807) is 14.2 Å². The standard InChI is InChI=1S/C13H15NO2/c1-8-7-12(16-4)14-13-9(2)11(15-3)6-5-10(8)13/h5-7H,1-4H3. The van der Waals surface area contributed by atoms with E-state index in [9.17, 15) is 0 Å². The van der Waals surface area contributed by atoms with Gasteiger partial charge in [0, 0.05) is 17.0 Å². The number of methoxy groups -OCH3 is 2. The van der Waals surface area contributed by atoms with Crippen LogP contribution < -0.4 is 9.47 Å². The molecule has 0 saturated carbocycles. The normalized spacial score (nSPS) is 10.5. The second kappa shape index (κ2) is 4.00. The molecule has 0 saturated heterocycles. The summed E-state index contributed by atoms with van der Waals surface area (Å²) in [7, 11) is 3.30. The molecule has 0 atom stereocenters. The summed E-state index contributed by atoms with van der Waals surface area (Å²) in [5.74, 6) is 1.49. The molecule has 0 amide bonds. The van der Waals surface area contributed by atoms with Gasteiger partial charge in [0.1, 0.15) is 5.75 Å². The van der Waals surface area contributed by atoms with Crippen molar-refractivity contribution < 1.29 is 9.47 Å². The first-order valence-electron chi connectivity index (χ1n) is 5.16. The van der Waals surface area contributed by atoms with Crippen LogP contribution in [-0.2, 0) is 0 Å². The van der Waals surface area contributed by atoms with Crippen molar-refractivity contribution in [3.05, 3.63) is 29.3 Å². The minimum atomic E-state index is 0.640. The lowest BCUT2D eigenvalue weighted by Gasteiger charge is -2.10. The predicted octanol–water partition coefficient (Wildman–Crippen LogP) is 2.87. The first-order valence-corrected chi connectivity index (χ1v) is 5.16. The van der Waals surface area contributed by atoms with Crippen LogP contribution >= 0.6 is 0 Å². The van der Waals surface area contributed by atoms with Gasteiger partial charge in [-0.25, -0.2) is 4.98 Å². The van der Waals surface area contributed by atoms with Gasteiger partial charge in [0.25, 0.3) is 0 Å². The third kappa shape index (κ3) is 1.58. The summed E-state index contributed by atoms with van der Waals surface area (Å²) in [6.07, 6.45) is 0. The zero-order chi connectivity index (χ0) is 11.7. The van der Waals surface area contributed by atoms with Crippen LogP contribution in [-0.4, -0.2) is 19.2 Å². The van der Waals surface area contributed by atoms with Crippen molar-refractivity contribution in [2.24, 2.45) is 0 Å². The minimum absolute atomic E-state index is 0.640. The van der Waals surface area contributed by atoms with E-state index in [-0.39, 0.29) is 0 Å². The average Bonchev–Trinajstić information content (AvgIpc) is 2.30. The van der Waals surface area contributed by atoms with E-state index in [1.165, 1.54) is 0 Å². The van der Waals surface area contributed by atoms with Crippen LogP contribution in [0.25, 0.3) is 10.9 Å². The summed E-state index contributed by atoms with van der Waals surface area (Å²) in [6.45, 7) is 4.06. The van der Waals surface area contributed by atoms with E-state index < -0.39 is 0 Å². The number of ether oxygens (including phenoxy) is 2. The van der Waals surface area contributed by atoms with Crippen LogP contribution in [0.3, 0.4) is 0 Å². The van der Waals surface area contributed by atoms with Crippen molar-refractivity contribution in [3.8, 4) is 11.6 Å². The summed E-state index contributed by atoms with van der Waals surface area (Å²) in [5, 5.41) is 1.14. The van der Waals surface area contributed by atoms with Gasteiger partial charge in [-0.05, 0) is 31.5 Å². The number of fused-ring (bicyclic) bond motifs is 1. The fraction of sp³-hybridized carbons (Fsp3) is 0.308. The Morgan fingerprint density at radius 2 is 1.81 bits per heavy atom. The zero-order valence-electron chi connectivity index (χ0n) is 10.00. The van der Waals surface area contributed by atoms with E-state index in [2.05, 4.69) is 11.9 Å². The molecule has 2 rings (SSSR count). The van der Waals surface area contributed by atoms with Gasteiger partial charge in [0.15, 0.2) is 0 Å². The molecule has 84 valence electrons. The largest absolute Gasteiger partial charge is 0.496 e. The van der Waals surface area contributed by atoms with Gasteiger partial charge in [-0.15, -0.1) is 0 Å². The molecule has 0 spiro atoms. The monoisotopic (exact) mass is 217 g/mol. The highest BCUT2D eigenvalue weighted by molar-refractivity contribution is 5.87. The van der Waals surface area contributed by atoms with E-state index >= 15 is 0 Å². The lowest BCUT2D eigenvalue weighted by Crippen LogP contribution is -1.94. The molecule has 1 aromatic carbocycles. The Kier molecular flexibility index (Phi) is 2.69. The van der Waals surface area contributed by atoms with Gasteiger partial charge in [-0.1, -0.05) is 0 Å². The summed E-state index contributed by atoms with van der Waals surface area (Å²) >= 11 is 0. The molecule has 2 aromatic rings. The molecule has 0 bridgehead atoms. The van der Waals surface area contributed by atoms with E-state index in [1.807, 2.05) is 25.1 Å². The van der Waals surface area contributed by atoms with Crippen LogP contribution in [0.2, 0.25) is 0 Å². The van der Waals surface area contributed by atoms with Gasteiger partial charge in [0.05, 0.1) is 19.7 Å². The number of aromatic nitrogens is 1. The molecule has 0 N–H and O–H groups in total. The van der Waals surface area contributed by atoms with E-state index in [0.29, 0.717) is 5.88 Å². The molecule has 1 heterocycles. The highest BCUT2D eigenvalue weighted by Crippen LogP contribution is 2.29. The predicted molar refractivity (Wildman–Crippen MR) is 64.3 cm³/mol. The maximum atomic E-state index is 5.29.